The molecule has 84 valence electrons. The topological polar surface area (TPSA) is 26.3 Å². The predicted molar refractivity (Wildman–Crippen MR) is 59.4 cm³/mol. The van der Waals surface area contributed by atoms with Crippen molar-refractivity contribution in [3.63, 3.8) is 0 Å². The van der Waals surface area contributed by atoms with Crippen molar-refractivity contribution in [3.05, 3.63) is 12.2 Å². The maximum Gasteiger partial charge on any atom is 0.331 e. The van der Waals surface area contributed by atoms with Crippen molar-refractivity contribution in [3.8, 4) is 0 Å². The summed E-state index contributed by atoms with van der Waals surface area (Å²) in [4.78, 5) is 11.1. The second-order valence-electron chi connectivity index (χ2n) is 5.96. The Kier molecular flexibility index (Phi) is 2.40. The number of carbonyl (C=O) groups excluding carboxylic acids is 1. The van der Waals surface area contributed by atoms with Crippen LogP contribution in [0.1, 0.15) is 46.5 Å². The number of ether oxygens (including phenoxy) is 1. The van der Waals surface area contributed by atoms with Gasteiger partial charge in [-0.2, -0.15) is 0 Å². The summed E-state index contributed by atoms with van der Waals surface area (Å²) < 4.78 is 5.40. The van der Waals surface area contributed by atoms with Crippen LogP contribution in [0.3, 0.4) is 0 Å². The highest BCUT2D eigenvalue weighted by atomic mass is 16.6. The van der Waals surface area contributed by atoms with Crippen LogP contribution in [0.25, 0.3) is 0 Å². The minimum atomic E-state index is -0.237. The van der Waals surface area contributed by atoms with E-state index in [1.165, 1.54) is 12.8 Å². The normalized spacial score (nSPS) is 35.9. The van der Waals surface area contributed by atoms with Gasteiger partial charge >= 0.3 is 5.97 Å². The Bertz CT molecular complexity index is 288. The van der Waals surface area contributed by atoms with Crippen molar-refractivity contribution in [2.75, 3.05) is 0 Å². The molecular weight excluding hydrogens is 188 g/mol. The maximum atomic E-state index is 11.1. The summed E-state index contributed by atoms with van der Waals surface area (Å²) in [7, 11) is 0. The molecule has 1 saturated carbocycles. The van der Waals surface area contributed by atoms with Gasteiger partial charge in [-0.15, -0.1) is 0 Å². The van der Waals surface area contributed by atoms with Gasteiger partial charge in [-0.1, -0.05) is 20.8 Å². The SMILES string of the molecule is CC(C)(C)C1CCC2(C=CC(=O)O2)CC1. The summed E-state index contributed by atoms with van der Waals surface area (Å²) in [5.74, 6) is 0.597. The lowest BCUT2D eigenvalue weighted by molar-refractivity contribution is -0.149. The molecule has 0 amide bonds. The van der Waals surface area contributed by atoms with Gasteiger partial charge in [-0.3, -0.25) is 0 Å². The maximum absolute atomic E-state index is 11.1. The van der Waals surface area contributed by atoms with Crippen molar-refractivity contribution in [2.24, 2.45) is 11.3 Å². The van der Waals surface area contributed by atoms with Crippen LogP contribution in [0, 0.1) is 11.3 Å². The molecule has 1 aliphatic heterocycles. The van der Waals surface area contributed by atoms with E-state index >= 15 is 0 Å². The molecule has 0 N–H and O–H groups in total. The molecule has 1 fully saturated rings. The van der Waals surface area contributed by atoms with Crippen molar-refractivity contribution in [2.45, 2.75) is 52.1 Å². The van der Waals surface area contributed by atoms with E-state index in [2.05, 4.69) is 20.8 Å². The average Bonchev–Trinajstić information content (AvgIpc) is 2.47. The Morgan fingerprint density at radius 3 is 2.33 bits per heavy atom. The summed E-state index contributed by atoms with van der Waals surface area (Å²) in [6.45, 7) is 6.89. The third-order valence-electron chi connectivity index (χ3n) is 3.88. The smallest absolute Gasteiger partial charge is 0.331 e. The zero-order valence-electron chi connectivity index (χ0n) is 9.88. The molecule has 1 aliphatic carbocycles. The monoisotopic (exact) mass is 208 g/mol. The molecule has 0 atom stereocenters. The summed E-state index contributed by atoms with van der Waals surface area (Å²) in [5.41, 5.74) is 0.146. The zero-order valence-corrected chi connectivity index (χ0v) is 9.88. The lowest BCUT2D eigenvalue weighted by Crippen LogP contribution is -2.37. The molecule has 0 radical (unpaired) electrons. The first kappa shape index (κ1) is 10.7. The third kappa shape index (κ3) is 2.09. The predicted octanol–water partition coefficient (Wildman–Crippen LogP) is 3.07. The van der Waals surface area contributed by atoms with E-state index in [0.29, 0.717) is 5.41 Å². The van der Waals surface area contributed by atoms with E-state index in [1.807, 2.05) is 6.08 Å². The fourth-order valence-corrected chi connectivity index (χ4v) is 2.73. The number of hydrogen-bond acceptors (Lipinski definition) is 2. The fraction of sp³-hybridized carbons (Fsp3) is 0.769. The Labute approximate surface area is 91.7 Å². The van der Waals surface area contributed by atoms with Crippen LogP contribution < -0.4 is 0 Å². The molecule has 2 rings (SSSR count). The second kappa shape index (κ2) is 3.36. The molecule has 0 aromatic rings. The molecule has 0 saturated heterocycles. The Morgan fingerprint density at radius 1 is 1.33 bits per heavy atom. The van der Waals surface area contributed by atoms with Gasteiger partial charge in [-0.25, -0.2) is 4.79 Å². The number of esters is 1. The summed E-state index contributed by atoms with van der Waals surface area (Å²) >= 11 is 0. The first-order valence-corrected chi connectivity index (χ1v) is 5.84. The molecule has 0 bridgehead atoms. The minimum absolute atomic E-state index is 0.163. The van der Waals surface area contributed by atoms with E-state index in [1.54, 1.807) is 6.08 Å². The standard InChI is InChI=1S/C13H20O2/c1-12(2,3)10-4-7-13(8-5-10)9-6-11(14)15-13/h6,9-10H,4-5,7-8H2,1-3H3. The largest absolute Gasteiger partial charge is 0.452 e. The van der Waals surface area contributed by atoms with Gasteiger partial charge < -0.3 is 4.74 Å². The minimum Gasteiger partial charge on any atom is -0.452 e. The molecule has 1 heterocycles. The highest BCUT2D eigenvalue weighted by molar-refractivity contribution is 5.85. The molecule has 1 spiro atoms. The average molecular weight is 208 g/mol. The second-order valence-corrected chi connectivity index (χ2v) is 5.96. The van der Waals surface area contributed by atoms with Crippen molar-refractivity contribution < 1.29 is 9.53 Å². The van der Waals surface area contributed by atoms with E-state index < -0.39 is 0 Å². The van der Waals surface area contributed by atoms with Crippen molar-refractivity contribution in [1.29, 1.82) is 0 Å². The van der Waals surface area contributed by atoms with Gasteiger partial charge in [0, 0.05) is 6.08 Å². The summed E-state index contributed by atoms with van der Waals surface area (Å²) in [6.07, 6.45) is 7.88. The van der Waals surface area contributed by atoms with E-state index in [9.17, 15) is 4.79 Å². The van der Waals surface area contributed by atoms with Gasteiger partial charge in [0.25, 0.3) is 0 Å². The van der Waals surface area contributed by atoms with Crippen LogP contribution >= 0.6 is 0 Å². The lowest BCUT2D eigenvalue weighted by Gasteiger charge is -2.40. The Hall–Kier alpha value is -0.790. The van der Waals surface area contributed by atoms with Crippen LogP contribution in [-0.4, -0.2) is 11.6 Å². The molecule has 0 unspecified atom stereocenters. The number of rotatable bonds is 0. The van der Waals surface area contributed by atoms with Crippen LogP contribution in [-0.2, 0) is 9.53 Å². The summed E-state index contributed by atoms with van der Waals surface area (Å²) in [5, 5.41) is 0. The third-order valence-corrected chi connectivity index (χ3v) is 3.88. The molecule has 2 heteroatoms. The van der Waals surface area contributed by atoms with Crippen LogP contribution in [0.4, 0.5) is 0 Å². The van der Waals surface area contributed by atoms with Gasteiger partial charge in [-0.05, 0) is 43.1 Å². The molecule has 0 aromatic carbocycles. The molecule has 2 aliphatic rings. The van der Waals surface area contributed by atoms with Gasteiger partial charge in [0.15, 0.2) is 0 Å². The quantitative estimate of drug-likeness (QED) is 0.572. The molecular formula is C13H20O2. The Balaban J connectivity index is 1.98. The van der Waals surface area contributed by atoms with Crippen molar-refractivity contribution in [1.82, 2.24) is 0 Å². The van der Waals surface area contributed by atoms with Crippen LogP contribution in [0.2, 0.25) is 0 Å². The molecule has 15 heavy (non-hydrogen) atoms. The van der Waals surface area contributed by atoms with Gasteiger partial charge in [0.1, 0.15) is 5.60 Å². The van der Waals surface area contributed by atoms with Gasteiger partial charge in [0.05, 0.1) is 0 Å². The summed E-state index contributed by atoms with van der Waals surface area (Å²) in [6, 6.07) is 0. The highest BCUT2D eigenvalue weighted by Crippen LogP contribution is 2.44. The van der Waals surface area contributed by atoms with Crippen LogP contribution in [0.5, 0.6) is 0 Å². The fourth-order valence-electron chi connectivity index (χ4n) is 2.73. The first-order chi connectivity index (χ1) is 6.91. The lowest BCUT2D eigenvalue weighted by atomic mass is 9.68. The van der Waals surface area contributed by atoms with Gasteiger partial charge in [0.2, 0.25) is 0 Å². The Morgan fingerprint density at radius 2 is 1.93 bits per heavy atom. The zero-order chi connectivity index (χ0) is 11.1. The molecule has 2 nitrogen and oxygen atoms in total. The number of carbonyl (C=O) groups is 1. The molecule has 0 aromatic heterocycles. The highest BCUT2D eigenvalue weighted by Gasteiger charge is 2.41. The van der Waals surface area contributed by atoms with E-state index in [0.717, 1.165) is 18.8 Å². The van der Waals surface area contributed by atoms with E-state index in [4.69, 9.17) is 4.74 Å². The van der Waals surface area contributed by atoms with Crippen molar-refractivity contribution >= 4 is 5.97 Å². The van der Waals surface area contributed by atoms with E-state index in [-0.39, 0.29) is 11.6 Å². The number of hydrogen-bond donors (Lipinski definition) is 0. The van der Waals surface area contributed by atoms with Crippen LogP contribution in [0.15, 0.2) is 12.2 Å². The first-order valence-electron chi connectivity index (χ1n) is 5.84.